The number of hydrogen-bond donors (Lipinski definition) is 0. The molecular formula is C52H33NO2. The molecule has 2 aromatic heterocycles. The first-order chi connectivity index (χ1) is 27.3. The zero-order valence-electron chi connectivity index (χ0n) is 29.8. The Balaban J connectivity index is 1.04. The second-order valence-corrected chi connectivity index (χ2v) is 14.1. The van der Waals surface area contributed by atoms with E-state index >= 15 is 0 Å². The monoisotopic (exact) mass is 703 g/mol. The third kappa shape index (κ3) is 5.20. The van der Waals surface area contributed by atoms with Gasteiger partial charge in [-0.15, -0.1) is 0 Å². The minimum Gasteiger partial charge on any atom is -0.456 e. The molecule has 0 aliphatic heterocycles. The predicted molar refractivity (Wildman–Crippen MR) is 229 cm³/mol. The van der Waals surface area contributed by atoms with Crippen molar-refractivity contribution in [2.24, 2.45) is 0 Å². The zero-order valence-corrected chi connectivity index (χ0v) is 29.8. The van der Waals surface area contributed by atoms with Gasteiger partial charge in [-0.2, -0.15) is 0 Å². The number of fused-ring (bicyclic) bond motifs is 7. The van der Waals surface area contributed by atoms with E-state index in [1.165, 1.54) is 27.5 Å². The van der Waals surface area contributed by atoms with Crippen LogP contribution in [0.15, 0.2) is 209 Å². The van der Waals surface area contributed by atoms with Crippen LogP contribution in [0.2, 0.25) is 0 Å². The average molecular weight is 704 g/mol. The Labute approximate surface area is 317 Å². The summed E-state index contributed by atoms with van der Waals surface area (Å²) >= 11 is 0. The molecule has 0 amide bonds. The molecule has 258 valence electrons. The van der Waals surface area contributed by atoms with Gasteiger partial charge in [0.05, 0.1) is 11.1 Å². The van der Waals surface area contributed by atoms with Crippen molar-refractivity contribution in [3.8, 4) is 33.4 Å². The lowest BCUT2D eigenvalue weighted by molar-refractivity contribution is 0.668. The summed E-state index contributed by atoms with van der Waals surface area (Å²) in [6.45, 7) is 0. The summed E-state index contributed by atoms with van der Waals surface area (Å²) in [4.78, 5) is 2.36. The zero-order chi connectivity index (χ0) is 36.3. The van der Waals surface area contributed by atoms with Crippen LogP contribution in [0.1, 0.15) is 0 Å². The van der Waals surface area contributed by atoms with E-state index < -0.39 is 0 Å². The summed E-state index contributed by atoms with van der Waals surface area (Å²) < 4.78 is 12.7. The molecule has 0 saturated carbocycles. The quantitative estimate of drug-likeness (QED) is 0.173. The topological polar surface area (TPSA) is 29.5 Å². The molecule has 0 atom stereocenters. The van der Waals surface area contributed by atoms with Gasteiger partial charge in [0, 0.05) is 27.5 Å². The summed E-state index contributed by atoms with van der Waals surface area (Å²) in [5.41, 5.74) is 13.7. The fourth-order valence-electron chi connectivity index (χ4n) is 8.32. The number of benzene rings is 9. The minimum atomic E-state index is 0.859. The average Bonchev–Trinajstić information content (AvgIpc) is 3.83. The van der Waals surface area contributed by atoms with Crippen molar-refractivity contribution < 1.29 is 8.83 Å². The van der Waals surface area contributed by atoms with Gasteiger partial charge in [0.1, 0.15) is 22.3 Å². The van der Waals surface area contributed by atoms with Crippen molar-refractivity contribution in [2.45, 2.75) is 0 Å². The predicted octanol–water partition coefficient (Wildman–Crippen LogP) is 15.1. The third-order valence-corrected chi connectivity index (χ3v) is 10.9. The van der Waals surface area contributed by atoms with E-state index in [9.17, 15) is 0 Å². The maximum atomic E-state index is 6.39. The van der Waals surface area contributed by atoms with Crippen molar-refractivity contribution >= 4 is 71.7 Å². The molecule has 55 heavy (non-hydrogen) atoms. The Morgan fingerprint density at radius 3 is 1.60 bits per heavy atom. The van der Waals surface area contributed by atoms with Gasteiger partial charge in [-0.05, 0) is 98.8 Å². The Hall–Kier alpha value is -7.36. The van der Waals surface area contributed by atoms with Crippen LogP contribution in [0.25, 0.3) is 88.0 Å². The Morgan fingerprint density at radius 1 is 0.309 bits per heavy atom. The van der Waals surface area contributed by atoms with Crippen molar-refractivity contribution in [2.75, 3.05) is 4.90 Å². The van der Waals surface area contributed by atoms with Crippen LogP contribution >= 0.6 is 0 Å². The maximum Gasteiger partial charge on any atom is 0.137 e. The van der Waals surface area contributed by atoms with E-state index in [4.69, 9.17) is 8.83 Å². The van der Waals surface area contributed by atoms with Crippen LogP contribution < -0.4 is 4.90 Å². The van der Waals surface area contributed by atoms with Crippen LogP contribution in [-0.4, -0.2) is 0 Å². The van der Waals surface area contributed by atoms with Crippen LogP contribution in [-0.2, 0) is 0 Å². The molecule has 3 nitrogen and oxygen atoms in total. The number of anilines is 3. The molecule has 0 fully saturated rings. The second-order valence-electron chi connectivity index (χ2n) is 14.1. The molecule has 0 N–H and O–H groups in total. The van der Waals surface area contributed by atoms with Gasteiger partial charge in [-0.1, -0.05) is 146 Å². The summed E-state index contributed by atoms with van der Waals surface area (Å²) in [6, 6.07) is 71.0. The van der Waals surface area contributed by atoms with Crippen LogP contribution in [0, 0.1) is 0 Å². The summed E-state index contributed by atoms with van der Waals surface area (Å²) in [6.07, 6.45) is 0. The van der Waals surface area contributed by atoms with E-state index in [2.05, 4.69) is 181 Å². The molecular weight excluding hydrogens is 671 g/mol. The van der Waals surface area contributed by atoms with Crippen LogP contribution in [0.5, 0.6) is 0 Å². The van der Waals surface area contributed by atoms with E-state index in [1.807, 2.05) is 24.3 Å². The molecule has 2 heterocycles. The lowest BCUT2D eigenvalue weighted by Gasteiger charge is -2.27. The summed E-state index contributed by atoms with van der Waals surface area (Å²) in [5.74, 6) is 0. The number of furan rings is 2. The SMILES string of the molecule is c1cc(-c2cccc3oc4ccccc4c23)cc(N(c2ccc(-c3ccc(-c4cccc5ccccc45)cc3)cc2)c2cccc3oc4ccccc4c23)c1. The highest BCUT2D eigenvalue weighted by Crippen LogP contribution is 2.45. The molecule has 0 spiro atoms. The van der Waals surface area contributed by atoms with Gasteiger partial charge in [0.2, 0.25) is 0 Å². The number of nitrogens with zero attached hydrogens (tertiary/aromatic N) is 1. The highest BCUT2D eigenvalue weighted by atomic mass is 16.3. The molecule has 0 saturated heterocycles. The van der Waals surface area contributed by atoms with Crippen molar-refractivity contribution in [1.29, 1.82) is 0 Å². The molecule has 0 bridgehead atoms. The largest absolute Gasteiger partial charge is 0.456 e. The number of hydrogen-bond acceptors (Lipinski definition) is 3. The highest BCUT2D eigenvalue weighted by molar-refractivity contribution is 6.14. The molecule has 11 aromatic rings. The molecule has 0 radical (unpaired) electrons. The second kappa shape index (κ2) is 12.6. The fourth-order valence-corrected chi connectivity index (χ4v) is 8.32. The summed E-state index contributed by atoms with van der Waals surface area (Å²) in [7, 11) is 0. The molecule has 11 rings (SSSR count). The van der Waals surface area contributed by atoms with Gasteiger partial charge in [-0.3, -0.25) is 0 Å². The van der Waals surface area contributed by atoms with Gasteiger partial charge in [0.15, 0.2) is 0 Å². The normalized spacial score (nSPS) is 11.6. The first kappa shape index (κ1) is 31.2. The van der Waals surface area contributed by atoms with E-state index in [0.29, 0.717) is 0 Å². The van der Waals surface area contributed by atoms with E-state index in [1.54, 1.807) is 0 Å². The van der Waals surface area contributed by atoms with Gasteiger partial charge < -0.3 is 13.7 Å². The van der Waals surface area contributed by atoms with Gasteiger partial charge >= 0.3 is 0 Å². The highest BCUT2D eigenvalue weighted by Gasteiger charge is 2.21. The third-order valence-electron chi connectivity index (χ3n) is 10.9. The van der Waals surface area contributed by atoms with Gasteiger partial charge in [0.25, 0.3) is 0 Å². The smallest absolute Gasteiger partial charge is 0.137 e. The summed E-state index contributed by atoms with van der Waals surface area (Å²) in [5, 5.41) is 6.93. The first-order valence-electron chi connectivity index (χ1n) is 18.7. The molecule has 3 heteroatoms. The lowest BCUT2D eigenvalue weighted by atomic mass is 9.96. The Morgan fingerprint density at radius 2 is 0.836 bits per heavy atom. The van der Waals surface area contributed by atoms with E-state index in [0.717, 1.165) is 77.6 Å². The first-order valence-corrected chi connectivity index (χ1v) is 18.7. The van der Waals surface area contributed by atoms with E-state index in [-0.39, 0.29) is 0 Å². The molecule has 0 aliphatic rings. The molecule has 0 unspecified atom stereocenters. The maximum absolute atomic E-state index is 6.39. The van der Waals surface area contributed by atoms with Crippen LogP contribution in [0.3, 0.4) is 0 Å². The Bertz CT molecular complexity index is 3200. The van der Waals surface area contributed by atoms with Crippen molar-refractivity contribution in [3.63, 3.8) is 0 Å². The molecule has 9 aromatic carbocycles. The van der Waals surface area contributed by atoms with Crippen molar-refractivity contribution in [1.82, 2.24) is 0 Å². The standard InChI is InChI=1S/C52H33NO2/c1-2-15-41-36(11-1)12-8-18-42(41)37-27-25-34(26-28-37)35-29-31-39(32-30-35)53(46-20-10-24-50-52(46)45-17-4-6-22-48(45)55-50)40-14-7-13-38(33-40)43-19-9-23-49-51(43)44-16-3-5-21-47(44)54-49/h1-33H. The fraction of sp³-hybridized carbons (Fsp3) is 0. The van der Waals surface area contributed by atoms with Gasteiger partial charge in [-0.25, -0.2) is 0 Å². The molecule has 0 aliphatic carbocycles. The number of para-hydroxylation sites is 2. The minimum absolute atomic E-state index is 0.859. The van der Waals surface area contributed by atoms with Crippen molar-refractivity contribution in [3.05, 3.63) is 200 Å². The lowest BCUT2D eigenvalue weighted by Crippen LogP contribution is -2.10. The van der Waals surface area contributed by atoms with Crippen LogP contribution in [0.4, 0.5) is 17.1 Å². The number of rotatable bonds is 6. The Kier molecular flexibility index (Phi) is 7.17.